The summed E-state index contributed by atoms with van der Waals surface area (Å²) in [5.41, 5.74) is 1.62. The molecule has 2 aliphatic rings. The van der Waals surface area contributed by atoms with Crippen LogP contribution in [0.4, 0.5) is 0 Å². The number of carbonyl (C=O) groups excluding carboxylic acids is 2. The number of hydrogen-bond donors (Lipinski definition) is 1. The summed E-state index contributed by atoms with van der Waals surface area (Å²) in [5.74, 6) is 0.553. The first-order valence-corrected chi connectivity index (χ1v) is 10.3. The molecule has 4 nitrogen and oxygen atoms in total. The molecule has 1 N–H and O–H groups in total. The van der Waals surface area contributed by atoms with Crippen LogP contribution in [0.1, 0.15) is 36.8 Å². The van der Waals surface area contributed by atoms with Gasteiger partial charge in [0.1, 0.15) is 5.41 Å². The van der Waals surface area contributed by atoms with E-state index in [9.17, 15) is 9.59 Å². The lowest BCUT2D eigenvalue weighted by Gasteiger charge is -2.34. The van der Waals surface area contributed by atoms with Gasteiger partial charge in [0.25, 0.3) is 0 Å². The van der Waals surface area contributed by atoms with Gasteiger partial charge in [0.05, 0.1) is 0 Å². The van der Waals surface area contributed by atoms with Gasteiger partial charge in [-0.25, -0.2) is 0 Å². The first kappa shape index (κ1) is 18.7. The molecule has 2 amide bonds. The molecule has 146 valence electrons. The van der Waals surface area contributed by atoms with E-state index in [0.29, 0.717) is 25.3 Å². The molecule has 0 bridgehead atoms. The maximum absolute atomic E-state index is 13.1. The van der Waals surface area contributed by atoms with Crippen LogP contribution in [0.3, 0.4) is 0 Å². The summed E-state index contributed by atoms with van der Waals surface area (Å²) in [6.07, 6.45) is 4.46. The summed E-state index contributed by atoms with van der Waals surface area (Å²) >= 11 is 0. The van der Waals surface area contributed by atoms with E-state index in [-0.39, 0.29) is 11.8 Å². The third-order valence-electron chi connectivity index (χ3n) is 6.16. The van der Waals surface area contributed by atoms with Crippen molar-refractivity contribution in [3.8, 4) is 0 Å². The van der Waals surface area contributed by atoms with Crippen LogP contribution in [0, 0.1) is 11.3 Å². The largest absolute Gasteiger partial charge is 0.351 e. The summed E-state index contributed by atoms with van der Waals surface area (Å²) in [4.78, 5) is 27.7. The summed E-state index contributed by atoms with van der Waals surface area (Å²) in [7, 11) is 0. The Morgan fingerprint density at radius 2 is 1.46 bits per heavy atom. The molecule has 2 aromatic carbocycles. The predicted octanol–water partition coefficient (Wildman–Crippen LogP) is 3.56. The van der Waals surface area contributed by atoms with Crippen molar-refractivity contribution in [2.75, 3.05) is 13.1 Å². The smallest absolute Gasteiger partial charge is 0.238 e. The fourth-order valence-electron chi connectivity index (χ4n) is 4.20. The number of nitrogens with one attached hydrogen (secondary N) is 1. The normalized spacial score (nSPS) is 18.5. The summed E-state index contributed by atoms with van der Waals surface area (Å²) in [6.45, 7) is 2.02. The minimum Gasteiger partial charge on any atom is -0.351 e. The number of hydrogen-bond acceptors (Lipinski definition) is 2. The zero-order chi connectivity index (χ0) is 19.4. The summed E-state index contributed by atoms with van der Waals surface area (Å²) < 4.78 is 0. The molecule has 28 heavy (non-hydrogen) atoms. The minimum absolute atomic E-state index is 0.0382. The van der Waals surface area contributed by atoms with Gasteiger partial charge in [0, 0.05) is 19.6 Å². The van der Waals surface area contributed by atoms with E-state index in [1.54, 1.807) is 0 Å². The molecule has 0 aromatic heterocycles. The van der Waals surface area contributed by atoms with Gasteiger partial charge in [-0.15, -0.1) is 0 Å². The Hall–Kier alpha value is -2.62. The van der Waals surface area contributed by atoms with E-state index in [0.717, 1.165) is 37.9 Å². The van der Waals surface area contributed by atoms with Gasteiger partial charge in [-0.3, -0.25) is 9.59 Å². The van der Waals surface area contributed by atoms with Crippen LogP contribution in [0.25, 0.3) is 0 Å². The highest BCUT2D eigenvalue weighted by molar-refractivity contribution is 6.07. The standard InChI is InChI=1S/C24H28N2O2/c27-22(25-18-21-9-5-2-6-10-21)24(13-14-24)23(28)26-15-11-20(12-16-26)17-19-7-3-1-4-8-19/h1-10,20H,11-18H2,(H,25,27). The van der Waals surface area contributed by atoms with E-state index in [4.69, 9.17) is 0 Å². The molecular weight excluding hydrogens is 348 g/mol. The van der Waals surface area contributed by atoms with Crippen LogP contribution >= 0.6 is 0 Å². The monoisotopic (exact) mass is 376 g/mol. The molecule has 1 aliphatic heterocycles. The van der Waals surface area contributed by atoms with Gasteiger partial charge >= 0.3 is 0 Å². The fraction of sp³-hybridized carbons (Fsp3) is 0.417. The molecule has 0 unspecified atom stereocenters. The molecule has 1 saturated heterocycles. The van der Waals surface area contributed by atoms with E-state index < -0.39 is 5.41 Å². The van der Waals surface area contributed by atoms with E-state index in [2.05, 4.69) is 29.6 Å². The number of carbonyl (C=O) groups is 2. The molecule has 0 radical (unpaired) electrons. The van der Waals surface area contributed by atoms with Crippen LogP contribution in [0.15, 0.2) is 60.7 Å². The number of benzene rings is 2. The lowest BCUT2D eigenvalue weighted by molar-refractivity contribution is -0.145. The quantitative estimate of drug-likeness (QED) is 0.784. The van der Waals surface area contributed by atoms with Crippen LogP contribution in [0.5, 0.6) is 0 Å². The third-order valence-corrected chi connectivity index (χ3v) is 6.16. The number of piperidine rings is 1. The zero-order valence-corrected chi connectivity index (χ0v) is 16.3. The second kappa shape index (κ2) is 8.17. The van der Waals surface area contributed by atoms with E-state index in [1.807, 2.05) is 41.3 Å². The van der Waals surface area contributed by atoms with Crippen molar-refractivity contribution in [2.24, 2.45) is 11.3 Å². The fourth-order valence-corrected chi connectivity index (χ4v) is 4.20. The molecule has 0 atom stereocenters. The van der Waals surface area contributed by atoms with Crippen LogP contribution in [0.2, 0.25) is 0 Å². The molecule has 4 rings (SSSR count). The zero-order valence-electron chi connectivity index (χ0n) is 16.3. The maximum Gasteiger partial charge on any atom is 0.238 e. The Morgan fingerprint density at radius 3 is 2.04 bits per heavy atom. The molecule has 1 saturated carbocycles. The average Bonchev–Trinajstić information content (AvgIpc) is 3.56. The van der Waals surface area contributed by atoms with Gasteiger partial charge in [0.2, 0.25) is 11.8 Å². The molecule has 0 spiro atoms. The van der Waals surface area contributed by atoms with Gasteiger partial charge < -0.3 is 10.2 Å². The van der Waals surface area contributed by atoms with Gasteiger partial charge in [-0.2, -0.15) is 0 Å². The lowest BCUT2D eigenvalue weighted by atomic mass is 9.89. The van der Waals surface area contributed by atoms with Crippen molar-refractivity contribution in [1.82, 2.24) is 10.2 Å². The summed E-state index contributed by atoms with van der Waals surface area (Å²) in [5, 5.41) is 2.98. The molecule has 4 heteroatoms. The third kappa shape index (κ3) is 4.11. The van der Waals surface area contributed by atoms with Crippen molar-refractivity contribution in [3.05, 3.63) is 71.8 Å². The van der Waals surface area contributed by atoms with Gasteiger partial charge in [-0.1, -0.05) is 60.7 Å². The van der Waals surface area contributed by atoms with Crippen molar-refractivity contribution >= 4 is 11.8 Å². The molecule has 1 aliphatic carbocycles. The Labute approximate surface area is 166 Å². The number of amides is 2. The van der Waals surface area contributed by atoms with Gasteiger partial charge in [-0.05, 0) is 49.1 Å². The Balaban J connectivity index is 1.29. The van der Waals surface area contributed by atoms with Crippen LogP contribution < -0.4 is 5.32 Å². The average molecular weight is 377 g/mol. The first-order valence-electron chi connectivity index (χ1n) is 10.3. The van der Waals surface area contributed by atoms with Crippen molar-refractivity contribution < 1.29 is 9.59 Å². The number of likely N-dealkylation sites (tertiary alicyclic amines) is 1. The highest BCUT2D eigenvalue weighted by atomic mass is 16.2. The Bertz CT molecular complexity index is 807. The Morgan fingerprint density at radius 1 is 0.893 bits per heavy atom. The lowest BCUT2D eigenvalue weighted by Crippen LogP contribution is -2.48. The topological polar surface area (TPSA) is 49.4 Å². The van der Waals surface area contributed by atoms with Crippen molar-refractivity contribution in [3.63, 3.8) is 0 Å². The van der Waals surface area contributed by atoms with Gasteiger partial charge in [0.15, 0.2) is 0 Å². The van der Waals surface area contributed by atoms with E-state index >= 15 is 0 Å². The first-order chi connectivity index (χ1) is 13.7. The van der Waals surface area contributed by atoms with Crippen molar-refractivity contribution in [1.29, 1.82) is 0 Å². The highest BCUT2D eigenvalue weighted by Crippen LogP contribution is 2.48. The van der Waals surface area contributed by atoms with Crippen LogP contribution in [-0.2, 0) is 22.6 Å². The van der Waals surface area contributed by atoms with E-state index in [1.165, 1.54) is 5.56 Å². The van der Waals surface area contributed by atoms with Crippen molar-refractivity contribution in [2.45, 2.75) is 38.6 Å². The molecule has 1 heterocycles. The second-order valence-electron chi connectivity index (χ2n) is 8.18. The molecule has 2 aromatic rings. The molecular formula is C24H28N2O2. The number of rotatable bonds is 6. The van der Waals surface area contributed by atoms with Crippen LogP contribution in [-0.4, -0.2) is 29.8 Å². The molecule has 2 fully saturated rings. The second-order valence-corrected chi connectivity index (χ2v) is 8.18. The SMILES string of the molecule is O=C(NCc1ccccc1)C1(C(=O)N2CCC(Cc3ccccc3)CC2)CC1. The highest BCUT2D eigenvalue weighted by Gasteiger charge is 2.58. The maximum atomic E-state index is 13.1. The minimum atomic E-state index is -0.805. The summed E-state index contributed by atoms with van der Waals surface area (Å²) in [6, 6.07) is 20.4. The predicted molar refractivity (Wildman–Crippen MR) is 109 cm³/mol. The Kier molecular flexibility index (Phi) is 5.47. The number of nitrogens with zero attached hydrogens (tertiary/aromatic N) is 1.